The fraction of sp³-hybridized carbons (Fsp3) is 0.182. The molecule has 0 atom stereocenters. The van der Waals surface area contributed by atoms with Crippen molar-refractivity contribution in [3.05, 3.63) is 35.9 Å². The third-order valence-corrected chi connectivity index (χ3v) is 3.34. The minimum Gasteiger partial charge on any atom is -0.465 e. The third kappa shape index (κ3) is 3.47. The molecule has 0 saturated carbocycles. The molecular weight excluding hydrogens is 246 g/mol. The van der Waals surface area contributed by atoms with Crippen molar-refractivity contribution in [1.82, 2.24) is 0 Å². The molecular formula is C11H12ClNO2S. The Hall–Kier alpha value is -1.13. The number of nitrogens with zero attached hydrogens (tertiary/aromatic N) is 1. The highest BCUT2D eigenvalue weighted by Crippen LogP contribution is 2.30. The van der Waals surface area contributed by atoms with Gasteiger partial charge in [-0.25, -0.2) is 4.79 Å². The number of anilines is 1. The second-order valence-electron chi connectivity index (χ2n) is 3.12. The lowest BCUT2D eigenvalue weighted by molar-refractivity contribution is 0.203. The first-order valence-corrected chi connectivity index (χ1v) is 5.90. The molecule has 0 bridgehead atoms. The van der Waals surface area contributed by atoms with E-state index < -0.39 is 6.09 Å². The fourth-order valence-corrected chi connectivity index (χ4v) is 2.12. The standard InChI is InChI=1S/C11H12ClNO2S/c1-8(12)7-16-10-6-4-3-5-9(10)13(2)11(14)15/h3-6H,1,7H2,2H3,(H,14,15). The van der Waals surface area contributed by atoms with Crippen LogP contribution in [0.25, 0.3) is 0 Å². The van der Waals surface area contributed by atoms with Crippen LogP contribution in [0, 0.1) is 0 Å². The number of hydrogen-bond acceptors (Lipinski definition) is 2. The Bertz CT molecular complexity index is 409. The zero-order valence-electron chi connectivity index (χ0n) is 8.81. The van der Waals surface area contributed by atoms with Crippen molar-refractivity contribution in [3.63, 3.8) is 0 Å². The first-order valence-electron chi connectivity index (χ1n) is 4.54. The minimum absolute atomic E-state index is 0.540. The summed E-state index contributed by atoms with van der Waals surface area (Å²) >= 11 is 7.14. The smallest absolute Gasteiger partial charge is 0.411 e. The number of halogens is 1. The molecule has 1 aromatic carbocycles. The van der Waals surface area contributed by atoms with Crippen LogP contribution in [0.5, 0.6) is 0 Å². The number of hydrogen-bond donors (Lipinski definition) is 1. The zero-order valence-corrected chi connectivity index (χ0v) is 10.4. The normalized spacial score (nSPS) is 9.88. The van der Waals surface area contributed by atoms with E-state index in [1.165, 1.54) is 23.7 Å². The van der Waals surface area contributed by atoms with Crippen molar-refractivity contribution in [2.45, 2.75) is 4.90 Å². The monoisotopic (exact) mass is 257 g/mol. The molecule has 1 aromatic rings. The van der Waals surface area contributed by atoms with Gasteiger partial charge in [-0.2, -0.15) is 0 Å². The molecule has 5 heteroatoms. The van der Waals surface area contributed by atoms with Crippen LogP contribution in [-0.2, 0) is 0 Å². The lowest BCUT2D eigenvalue weighted by atomic mass is 10.3. The molecule has 0 unspecified atom stereocenters. The Balaban J connectivity index is 2.91. The number of thioether (sulfide) groups is 1. The van der Waals surface area contributed by atoms with Crippen LogP contribution in [-0.4, -0.2) is 24.0 Å². The molecule has 0 saturated heterocycles. The van der Waals surface area contributed by atoms with Gasteiger partial charge in [-0.3, -0.25) is 4.90 Å². The highest BCUT2D eigenvalue weighted by atomic mass is 35.5. The van der Waals surface area contributed by atoms with Crippen molar-refractivity contribution in [1.29, 1.82) is 0 Å². The van der Waals surface area contributed by atoms with Crippen LogP contribution in [0.4, 0.5) is 10.5 Å². The van der Waals surface area contributed by atoms with Crippen LogP contribution in [0.15, 0.2) is 40.8 Å². The van der Waals surface area contributed by atoms with Crippen molar-refractivity contribution >= 4 is 35.1 Å². The lowest BCUT2D eigenvalue weighted by Crippen LogP contribution is -2.24. The van der Waals surface area contributed by atoms with E-state index in [1.807, 2.05) is 12.1 Å². The van der Waals surface area contributed by atoms with Crippen molar-refractivity contribution in [2.24, 2.45) is 0 Å². The Morgan fingerprint density at radius 3 is 2.75 bits per heavy atom. The largest absolute Gasteiger partial charge is 0.465 e. The maximum Gasteiger partial charge on any atom is 0.411 e. The average molecular weight is 258 g/mol. The summed E-state index contributed by atoms with van der Waals surface area (Å²) in [4.78, 5) is 12.9. The van der Waals surface area contributed by atoms with Gasteiger partial charge in [-0.1, -0.05) is 30.3 Å². The molecule has 0 radical (unpaired) electrons. The van der Waals surface area contributed by atoms with Crippen molar-refractivity contribution in [2.75, 3.05) is 17.7 Å². The number of rotatable bonds is 4. The van der Waals surface area contributed by atoms with Gasteiger partial charge in [0.25, 0.3) is 0 Å². The number of amides is 1. The predicted molar refractivity (Wildman–Crippen MR) is 68.6 cm³/mol. The maximum atomic E-state index is 10.9. The topological polar surface area (TPSA) is 40.5 Å². The Labute approximate surface area is 104 Å². The summed E-state index contributed by atoms with van der Waals surface area (Å²) in [5, 5.41) is 9.45. The molecule has 1 amide bonds. The molecule has 0 fully saturated rings. The predicted octanol–water partition coefficient (Wildman–Crippen LogP) is 3.65. The SMILES string of the molecule is C=C(Cl)CSc1ccccc1N(C)C(=O)O. The molecule has 0 aliphatic rings. The van der Waals surface area contributed by atoms with Gasteiger partial charge >= 0.3 is 6.09 Å². The Morgan fingerprint density at radius 2 is 2.19 bits per heavy atom. The maximum absolute atomic E-state index is 10.9. The lowest BCUT2D eigenvalue weighted by Gasteiger charge is -2.16. The van der Waals surface area contributed by atoms with Crippen LogP contribution in [0.1, 0.15) is 0 Å². The van der Waals surface area contributed by atoms with Crippen LogP contribution >= 0.6 is 23.4 Å². The van der Waals surface area contributed by atoms with Gasteiger partial charge in [-0.05, 0) is 12.1 Å². The number of benzene rings is 1. The highest BCUT2D eigenvalue weighted by Gasteiger charge is 2.12. The summed E-state index contributed by atoms with van der Waals surface area (Å²) in [5.74, 6) is 0.562. The van der Waals surface area contributed by atoms with E-state index in [0.29, 0.717) is 16.5 Å². The quantitative estimate of drug-likeness (QED) is 0.837. The Morgan fingerprint density at radius 1 is 1.56 bits per heavy atom. The van der Waals surface area contributed by atoms with Crippen molar-refractivity contribution in [3.8, 4) is 0 Å². The molecule has 1 N–H and O–H groups in total. The van der Waals surface area contributed by atoms with E-state index in [4.69, 9.17) is 16.7 Å². The summed E-state index contributed by atoms with van der Waals surface area (Å²) in [6.07, 6.45) is -0.988. The molecule has 0 aromatic heterocycles. The summed E-state index contributed by atoms with van der Waals surface area (Å²) in [5.41, 5.74) is 0.651. The van der Waals surface area contributed by atoms with Crippen LogP contribution in [0.2, 0.25) is 0 Å². The molecule has 1 rings (SSSR count). The van der Waals surface area contributed by atoms with Gasteiger partial charge in [0.1, 0.15) is 0 Å². The number of para-hydroxylation sites is 1. The van der Waals surface area contributed by atoms with Crippen molar-refractivity contribution < 1.29 is 9.90 Å². The summed E-state index contributed by atoms with van der Waals surface area (Å²) in [6.45, 7) is 3.59. The first-order chi connectivity index (χ1) is 7.52. The second-order valence-corrected chi connectivity index (χ2v) is 4.67. The van der Waals surface area contributed by atoms with E-state index in [2.05, 4.69) is 6.58 Å². The zero-order chi connectivity index (χ0) is 12.1. The van der Waals surface area contributed by atoms with Gasteiger partial charge in [-0.15, -0.1) is 11.8 Å². The number of carboxylic acid groups (broad SMARTS) is 1. The number of carbonyl (C=O) groups is 1. The van der Waals surface area contributed by atoms with Gasteiger partial charge in [0.2, 0.25) is 0 Å². The summed E-state index contributed by atoms with van der Waals surface area (Å²) < 4.78 is 0. The second kappa shape index (κ2) is 5.82. The van der Waals surface area contributed by atoms with E-state index in [-0.39, 0.29) is 0 Å². The van der Waals surface area contributed by atoms with Crippen LogP contribution in [0.3, 0.4) is 0 Å². The molecule has 0 aliphatic carbocycles. The van der Waals surface area contributed by atoms with Crippen LogP contribution < -0.4 is 4.90 Å². The molecule has 3 nitrogen and oxygen atoms in total. The van der Waals surface area contributed by atoms with Gasteiger partial charge in [0.15, 0.2) is 0 Å². The van der Waals surface area contributed by atoms with E-state index in [1.54, 1.807) is 12.1 Å². The summed E-state index contributed by atoms with van der Waals surface area (Å²) in [7, 11) is 1.51. The third-order valence-electron chi connectivity index (χ3n) is 1.90. The first kappa shape index (κ1) is 12.9. The van der Waals surface area contributed by atoms with E-state index in [9.17, 15) is 4.79 Å². The highest BCUT2D eigenvalue weighted by molar-refractivity contribution is 7.99. The molecule has 86 valence electrons. The van der Waals surface area contributed by atoms with Gasteiger partial charge in [0, 0.05) is 22.7 Å². The van der Waals surface area contributed by atoms with E-state index >= 15 is 0 Å². The van der Waals surface area contributed by atoms with Gasteiger partial charge < -0.3 is 5.11 Å². The molecule has 0 heterocycles. The fourth-order valence-electron chi connectivity index (χ4n) is 1.12. The van der Waals surface area contributed by atoms with Gasteiger partial charge in [0.05, 0.1) is 5.69 Å². The van der Waals surface area contributed by atoms with E-state index in [0.717, 1.165) is 4.90 Å². The molecule has 0 spiro atoms. The summed E-state index contributed by atoms with van der Waals surface area (Å²) in [6, 6.07) is 7.28. The molecule has 0 aliphatic heterocycles. The minimum atomic E-state index is -0.988. The Kier molecular flexibility index (Phi) is 4.71. The molecule has 16 heavy (non-hydrogen) atoms. The average Bonchev–Trinajstić information content (AvgIpc) is 2.25.